The minimum absolute atomic E-state index is 0.00199. The second kappa shape index (κ2) is 6.14. The summed E-state index contributed by atoms with van der Waals surface area (Å²) >= 11 is 0. The van der Waals surface area contributed by atoms with E-state index in [0.717, 1.165) is 24.9 Å². The lowest BCUT2D eigenvalue weighted by Crippen LogP contribution is -2.33. The fourth-order valence-corrected chi connectivity index (χ4v) is 2.67. The van der Waals surface area contributed by atoms with E-state index >= 15 is 0 Å². The Labute approximate surface area is 125 Å². The van der Waals surface area contributed by atoms with Crippen molar-refractivity contribution < 1.29 is 13.9 Å². The first kappa shape index (κ1) is 14.5. The molecule has 2 fully saturated rings. The highest BCUT2D eigenvalue weighted by Gasteiger charge is 2.30. The van der Waals surface area contributed by atoms with Crippen LogP contribution in [0.3, 0.4) is 0 Å². The van der Waals surface area contributed by atoms with Crippen LogP contribution < -0.4 is 4.74 Å². The highest BCUT2D eigenvalue weighted by atomic mass is 19.1. The lowest BCUT2D eigenvalue weighted by atomic mass is 10.1. The molecule has 0 radical (unpaired) electrons. The molecule has 0 spiro atoms. The summed E-state index contributed by atoms with van der Waals surface area (Å²) in [7, 11) is 1.42. The molecule has 0 amide bonds. The third-order valence-corrected chi connectivity index (χ3v) is 4.27. The Morgan fingerprint density at radius 2 is 1.86 bits per heavy atom. The third kappa shape index (κ3) is 4.03. The van der Waals surface area contributed by atoms with Crippen molar-refractivity contribution in [3.05, 3.63) is 29.6 Å². The van der Waals surface area contributed by atoms with Crippen molar-refractivity contribution in [2.45, 2.75) is 25.7 Å². The predicted octanol–water partition coefficient (Wildman–Crippen LogP) is 3.14. The Morgan fingerprint density at radius 1 is 1.24 bits per heavy atom. The number of rotatable bonds is 8. The first-order valence-electron chi connectivity index (χ1n) is 7.75. The molecule has 0 atom stereocenters. The minimum atomic E-state index is -0.473. The molecule has 0 saturated heterocycles. The van der Waals surface area contributed by atoms with E-state index in [1.165, 1.54) is 44.9 Å². The number of carbonyl (C=O) groups excluding carboxylic acids is 1. The molecule has 114 valence electrons. The molecule has 0 aliphatic heterocycles. The lowest BCUT2D eigenvalue weighted by Gasteiger charge is -2.21. The maximum atomic E-state index is 13.7. The van der Waals surface area contributed by atoms with Gasteiger partial charge in [-0.05, 0) is 55.7 Å². The summed E-state index contributed by atoms with van der Waals surface area (Å²) in [6.45, 7) is 2.43. The standard InChI is InChI=1S/C17H22FNO2/c1-21-17-7-6-14(8-15(17)18)16(20)11-19(9-12-2-3-12)10-13-4-5-13/h6-8,12-13H,2-5,9-11H2,1H3. The van der Waals surface area contributed by atoms with Crippen LogP contribution >= 0.6 is 0 Å². The molecule has 1 aromatic rings. The van der Waals surface area contributed by atoms with Crippen molar-refractivity contribution in [3.8, 4) is 5.75 Å². The molecule has 0 heterocycles. The zero-order valence-corrected chi connectivity index (χ0v) is 12.5. The van der Waals surface area contributed by atoms with Gasteiger partial charge in [0.2, 0.25) is 0 Å². The van der Waals surface area contributed by atoms with Gasteiger partial charge in [-0.3, -0.25) is 9.69 Å². The largest absolute Gasteiger partial charge is 0.494 e. The summed E-state index contributed by atoms with van der Waals surface area (Å²) < 4.78 is 18.6. The monoisotopic (exact) mass is 291 g/mol. The van der Waals surface area contributed by atoms with E-state index < -0.39 is 5.82 Å². The van der Waals surface area contributed by atoms with Gasteiger partial charge in [-0.1, -0.05) is 0 Å². The molecule has 1 aromatic carbocycles. The fourth-order valence-electron chi connectivity index (χ4n) is 2.67. The van der Waals surface area contributed by atoms with Crippen LogP contribution in [0.25, 0.3) is 0 Å². The number of halogens is 1. The Morgan fingerprint density at radius 3 is 2.33 bits per heavy atom. The first-order valence-corrected chi connectivity index (χ1v) is 7.75. The van der Waals surface area contributed by atoms with Crippen LogP contribution in [-0.4, -0.2) is 37.4 Å². The Hall–Kier alpha value is -1.42. The number of hydrogen-bond donors (Lipinski definition) is 0. The number of benzene rings is 1. The predicted molar refractivity (Wildman–Crippen MR) is 79.2 cm³/mol. The summed E-state index contributed by atoms with van der Waals surface area (Å²) in [6.07, 6.45) is 5.14. The molecule has 21 heavy (non-hydrogen) atoms. The Balaban J connectivity index is 1.63. The van der Waals surface area contributed by atoms with Crippen molar-refractivity contribution in [2.75, 3.05) is 26.7 Å². The van der Waals surface area contributed by atoms with Crippen LogP contribution in [0.2, 0.25) is 0 Å². The molecule has 2 aliphatic carbocycles. The molecule has 3 nitrogen and oxygen atoms in total. The first-order chi connectivity index (χ1) is 10.2. The number of hydrogen-bond acceptors (Lipinski definition) is 3. The van der Waals surface area contributed by atoms with Gasteiger partial charge in [0.1, 0.15) is 0 Å². The van der Waals surface area contributed by atoms with Crippen LogP contribution in [0.15, 0.2) is 18.2 Å². The van der Waals surface area contributed by atoms with Crippen molar-refractivity contribution in [2.24, 2.45) is 11.8 Å². The van der Waals surface area contributed by atoms with Gasteiger partial charge in [0.15, 0.2) is 17.3 Å². The lowest BCUT2D eigenvalue weighted by molar-refractivity contribution is 0.0923. The van der Waals surface area contributed by atoms with Crippen molar-refractivity contribution in [1.82, 2.24) is 4.90 Å². The number of ether oxygens (including phenoxy) is 1. The van der Waals surface area contributed by atoms with Crippen molar-refractivity contribution in [1.29, 1.82) is 0 Å². The summed E-state index contributed by atoms with van der Waals surface area (Å²) in [5, 5.41) is 0. The van der Waals surface area contributed by atoms with E-state index in [9.17, 15) is 9.18 Å². The van der Waals surface area contributed by atoms with Crippen LogP contribution in [-0.2, 0) is 0 Å². The third-order valence-electron chi connectivity index (χ3n) is 4.27. The van der Waals surface area contributed by atoms with E-state index in [0.29, 0.717) is 12.1 Å². The molecular weight excluding hydrogens is 269 g/mol. The van der Waals surface area contributed by atoms with Gasteiger partial charge in [-0.15, -0.1) is 0 Å². The minimum Gasteiger partial charge on any atom is -0.494 e. The number of nitrogens with zero attached hydrogens (tertiary/aromatic N) is 1. The Kier molecular flexibility index (Phi) is 4.24. The summed E-state index contributed by atoms with van der Waals surface area (Å²) in [4.78, 5) is 14.6. The maximum Gasteiger partial charge on any atom is 0.176 e. The van der Waals surface area contributed by atoms with Gasteiger partial charge in [-0.25, -0.2) is 4.39 Å². The molecule has 3 rings (SSSR count). The topological polar surface area (TPSA) is 29.5 Å². The number of ketones is 1. The quantitative estimate of drug-likeness (QED) is 0.689. The average Bonchev–Trinajstić information content (AvgIpc) is 3.35. The smallest absolute Gasteiger partial charge is 0.176 e. The second-order valence-corrected chi connectivity index (χ2v) is 6.35. The fraction of sp³-hybridized carbons (Fsp3) is 0.588. The average molecular weight is 291 g/mol. The zero-order chi connectivity index (χ0) is 14.8. The highest BCUT2D eigenvalue weighted by Crippen LogP contribution is 2.33. The molecular formula is C17H22FNO2. The highest BCUT2D eigenvalue weighted by molar-refractivity contribution is 5.97. The number of methoxy groups -OCH3 is 1. The maximum absolute atomic E-state index is 13.7. The van der Waals surface area contributed by atoms with Crippen LogP contribution in [0.1, 0.15) is 36.0 Å². The Bertz CT molecular complexity index is 510. The van der Waals surface area contributed by atoms with Crippen molar-refractivity contribution in [3.63, 3.8) is 0 Å². The molecule has 0 N–H and O–H groups in total. The van der Waals surface area contributed by atoms with E-state index in [1.54, 1.807) is 6.07 Å². The van der Waals surface area contributed by atoms with Gasteiger partial charge in [0, 0.05) is 18.7 Å². The van der Waals surface area contributed by atoms with Crippen LogP contribution in [0.5, 0.6) is 5.75 Å². The summed E-state index contributed by atoms with van der Waals surface area (Å²) in [5.74, 6) is 1.24. The zero-order valence-electron chi connectivity index (χ0n) is 12.5. The SMILES string of the molecule is COc1ccc(C(=O)CN(CC2CC2)CC2CC2)cc1F. The summed E-state index contributed by atoms with van der Waals surface area (Å²) in [5.41, 5.74) is 0.435. The molecule has 2 saturated carbocycles. The van der Waals surface area contributed by atoms with E-state index in [-0.39, 0.29) is 11.5 Å². The summed E-state index contributed by atoms with van der Waals surface area (Å²) in [6, 6.07) is 4.46. The van der Waals surface area contributed by atoms with Crippen molar-refractivity contribution >= 4 is 5.78 Å². The van der Waals surface area contributed by atoms with E-state index in [2.05, 4.69) is 4.90 Å². The van der Waals surface area contributed by atoms with Gasteiger partial charge in [-0.2, -0.15) is 0 Å². The molecule has 4 heteroatoms. The van der Waals surface area contributed by atoms with Crippen LogP contribution in [0, 0.1) is 17.7 Å². The van der Waals surface area contributed by atoms with E-state index in [1.807, 2.05) is 0 Å². The number of carbonyl (C=O) groups is 1. The van der Waals surface area contributed by atoms with Gasteiger partial charge < -0.3 is 4.74 Å². The number of Topliss-reactive ketones (excluding diaryl/α,β-unsaturated/α-hetero) is 1. The van der Waals surface area contributed by atoms with E-state index in [4.69, 9.17) is 4.74 Å². The van der Waals surface area contributed by atoms with Gasteiger partial charge in [0.25, 0.3) is 0 Å². The molecule has 0 unspecified atom stereocenters. The molecule has 2 aliphatic rings. The van der Waals surface area contributed by atoms with Gasteiger partial charge >= 0.3 is 0 Å². The molecule has 0 aromatic heterocycles. The van der Waals surface area contributed by atoms with Crippen LogP contribution in [0.4, 0.5) is 4.39 Å². The second-order valence-electron chi connectivity index (χ2n) is 6.35. The van der Waals surface area contributed by atoms with Gasteiger partial charge in [0.05, 0.1) is 13.7 Å². The normalized spacial score (nSPS) is 18.0. The molecule has 0 bridgehead atoms.